The van der Waals surface area contributed by atoms with Crippen LogP contribution in [0.5, 0.6) is 5.75 Å². The summed E-state index contributed by atoms with van der Waals surface area (Å²) >= 11 is 0. The number of amides is 1. The molecule has 2 rings (SSSR count). The van der Waals surface area contributed by atoms with E-state index in [9.17, 15) is 14.0 Å². The zero-order valence-corrected chi connectivity index (χ0v) is 10.7. The number of aromatic carboxylic acids is 1. The van der Waals surface area contributed by atoms with Crippen molar-refractivity contribution < 1.29 is 23.8 Å². The average molecular weight is 294 g/mol. The van der Waals surface area contributed by atoms with Crippen LogP contribution in [0.2, 0.25) is 0 Å². The van der Waals surface area contributed by atoms with Gasteiger partial charge in [-0.3, -0.25) is 4.79 Å². The van der Waals surface area contributed by atoms with E-state index in [-0.39, 0.29) is 30.2 Å². The zero-order valence-electron chi connectivity index (χ0n) is 10.7. The zero-order chi connectivity index (χ0) is 15.4. The van der Waals surface area contributed by atoms with Gasteiger partial charge < -0.3 is 15.6 Å². The van der Waals surface area contributed by atoms with Crippen molar-refractivity contribution in [2.75, 3.05) is 6.61 Å². The van der Waals surface area contributed by atoms with Crippen molar-refractivity contribution in [1.29, 1.82) is 0 Å². The van der Waals surface area contributed by atoms with E-state index in [1.54, 1.807) is 0 Å². The number of rotatable bonds is 6. The maximum absolute atomic E-state index is 13.5. The fourth-order valence-electron chi connectivity index (χ4n) is 1.55. The summed E-state index contributed by atoms with van der Waals surface area (Å²) in [7, 11) is 0. The maximum atomic E-state index is 13.5. The van der Waals surface area contributed by atoms with Gasteiger partial charge in [-0.05, 0) is 12.1 Å². The molecule has 1 aromatic carbocycles. The SMILES string of the molecule is NC(=O)c1ccc(OCCn2cc(C(=O)O)nn2)cc1F. The highest BCUT2D eigenvalue weighted by atomic mass is 19.1. The number of hydrogen-bond acceptors (Lipinski definition) is 5. The van der Waals surface area contributed by atoms with Crippen molar-refractivity contribution in [3.8, 4) is 5.75 Å². The standard InChI is InChI=1S/C12H11FN4O4/c13-9-5-7(1-2-8(9)11(14)18)21-4-3-17-6-10(12(19)20)15-16-17/h1-2,5-6H,3-4H2,(H2,14,18)(H,19,20). The van der Waals surface area contributed by atoms with Crippen LogP contribution in [0.3, 0.4) is 0 Å². The van der Waals surface area contributed by atoms with E-state index in [2.05, 4.69) is 10.3 Å². The van der Waals surface area contributed by atoms with Crippen LogP contribution in [0.4, 0.5) is 4.39 Å². The number of primary amides is 1. The van der Waals surface area contributed by atoms with Crippen molar-refractivity contribution in [1.82, 2.24) is 15.0 Å². The average Bonchev–Trinajstić information content (AvgIpc) is 2.87. The fourth-order valence-corrected chi connectivity index (χ4v) is 1.55. The van der Waals surface area contributed by atoms with Gasteiger partial charge in [-0.15, -0.1) is 5.10 Å². The number of carboxylic acids is 1. The molecule has 3 N–H and O–H groups in total. The molecular weight excluding hydrogens is 283 g/mol. The molecule has 0 saturated carbocycles. The largest absolute Gasteiger partial charge is 0.492 e. The highest BCUT2D eigenvalue weighted by molar-refractivity contribution is 5.93. The second-order valence-corrected chi connectivity index (χ2v) is 4.03. The topological polar surface area (TPSA) is 120 Å². The van der Waals surface area contributed by atoms with Gasteiger partial charge in [-0.1, -0.05) is 5.21 Å². The number of aromatic nitrogens is 3. The lowest BCUT2D eigenvalue weighted by molar-refractivity contribution is 0.0690. The predicted octanol–water partition coefficient (Wildman–Crippen LogP) is 0.293. The molecule has 1 heterocycles. The lowest BCUT2D eigenvalue weighted by atomic mass is 10.2. The van der Waals surface area contributed by atoms with Gasteiger partial charge >= 0.3 is 5.97 Å². The van der Waals surface area contributed by atoms with E-state index in [0.717, 1.165) is 6.07 Å². The third-order valence-corrected chi connectivity index (χ3v) is 2.55. The van der Waals surface area contributed by atoms with Crippen molar-refractivity contribution in [2.24, 2.45) is 5.73 Å². The lowest BCUT2D eigenvalue weighted by Crippen LogP contribution is -2.13. The predicted molar refractivity (Wildman–Crippen MR) is 67.4 cm³/mol. The summed E-state index contributed by atoms with van der Waals surface area (Å²) < 4.78 is 20.0. The minimum absolute atomic E-state index is 0.123. The van der Waals surface area contributed by atoms with E-state index >= 15 is 0 Å². The summed E-state index contributed by atoms with van der Waals surface area (Å²) in [5.74, 6) is -2.58. The summed E-state index contributed by atoms with van der Waals surface area (Å²) in [4.78, 5) is 21.5. The molecule has 0 aliphatic heterocycles. The Morgan fingerprint density at radius 3 is 2.76 bits per heavy atom. The molecule has 0 aliphatic rings. The Balaban J connectivity index is 1.92. The van der Waals surface area contributed by atoms with E-state index in [1.165, 1.54) is 23.0 Å². The van der Waals surface area contributed by atoms with Gasteiger partial charge in [0.2, 0.25) is 0 Å². The summed E-state index contributed by atoms with van der Waals surface area (Å²) in [5.41, 5.74) is 4.59. The first-order valence-electron chi connectivity index (χ1n) is 5.83. The number of benzene rings is 1. The number of nitrogens with zero attached hydrogens (tertiary/aromatic N) is 3. The maximum Gasteiger partial charge on any atom is 0.358 e. The first-order chi connectivity index (χ1) is 9.97. The smallest absolute Gasteiger partial charge is 0.358 e. The molecule has 0 spiro atoms. The Labute approximate surface area is 117 Å². The Kier molecular flexibility index (Phi) is 4.12. The number of hydrogen-bond donors (Lipinski definition) is 2. The van der Waals surface area contributed by atoms with E-state index in [0.29, 0.717) is 0 Å². The van der Waals surface area contributed by atoms with Crippen LogP contribution >= 0.6 is 0 Å². The van der Waals surface area contributed by atoms with Gasteiger partial charge in [0.1, 0.15) is 18.2 Å². The second-order valence-electron chi connectivity index (χ2n) is 4.03. The molecular formula is C12H11FN4O4. The van der Waals surface area contributed by atoms with Crippen LogP contribution in [-0.4, -0.2) is 38.6 Å². The van der Waals surface area contributed by atoms with E-state index < -0.39 is 17.7 Å². The number of carbonyl (C=O) groups excluding carboxylic acids is 1. The summed E-state index contributed by atoms with van der Waals surface area (Å²) in [6.07, 6.45) is 1.25. The van der Waals surface area contributed by atoms with Crippen molar-refractivity contribution in [3.63, 3.8) is 0 Å². The molecule has 1 amide bonds. The first kappa shape index (κ1) is 14.4. The van der Waals surface area contributed by atoms with Gasteiger partial charge in [-0.25, -0.2) is 13.9 Å². The number of carbonyl (C=O) groups is 2. The molecule has 0 unspecified atom stereocenters. The minimum atomic E-state index is -1.17. The Bertz CT molecular complexity index is 686. The number of ether oxygens (including phenoxy) is 1. The van der Waals surface area contributed by atoms with Crippen LogP contribution in [0.15, 0.2) is 24.4 Å². The van der Waals surface area contributed by atoms with E-state index in [4.69, 9.17) is 15.6 Å². The molecule has 2 aromatic rings. The molecule has 0 atom stereocenters. The van der Waals surface area contributed by atoms with E-state index in [1.807, 2.05) is 0 Å². The molecule has 0 aliphatic carbocycles. The molecule has 1 aromatic heterocycles. The minimum Gasteiger partial charge on any atom is -0.492 e. The quantitative estimate of drug-likeness (QED) is 0.790. The fraction of sp³-hybridized carbons (Fsp3) is 0.167. The molecule has 8 nitrogen and oxygen atoms in total. The molecule has 21 heavy (non-hydrogen) atoms. The molecule has 9 heteroatoms. The third kappa shape index (κ3) is 3.53. The number of carboxylic acid groups (broad SMARTS) is 1. The normalized spacial score (nSPS) is 10.3. The van der Waals surface area contributed by atoms with Gasteiger partial charge in [0.05, 0.1) is 18.3 Å². The van der Waals surface area contributed by atoms with Crippen LogP contribution in [0.1, 0.15) is 20.8 Å². The number of nitrogens with two attached hydrogens (primary N) is 1. The number of halogens is 1. The molecule has 0 fully saturated rings. The Morgan fingerprint density at radius 2 is 2.19 bits per heavy atom. The highest BCUT2D eigenvalue weighted by Crippen LogP contribution is 2.16. The molecule has 0 radical (unpaired) electrons. The third-order valence-electron chi connectivity index (χ3n) is 2.55. The van der Waals surface area contributed by atoms with Crippen LogP contribution in [0.25, 0.3) is 0 Å². The molecule has 0 saturated heterocycles. The lowest BCUT2D eigenvalue weighted by Gasteiger charge is -2.07. The van der Waals surface area contributed by atoms with Gasteiger partial charge in [0, 0.05) is 6.07 Å². The summed E-state index contributed by atoms with van der Waals surface area (Å²) in [6.45, 7) is 0.358. The molecule has 110 valence electrons. The monoisotopic (exact) mass is 294 g/mol. The van der Waals surface area contributed by atoms with Crippen molar-refractivity contribution >= 4 is 11.9 Å². The summed E-state index contributed by atoms with van der Waals surface area (Å²) in [5, 5.41) is 15.7. The first-order valence-corrected chi connectivity index (χ1v) is 5.83. The van der Waals surface area contributed by atoms with Crippen LogP contribution < -0.4 is 10.5 Å². The van der Waals surface area contributed by atoms with Gasteiger partial charge in [0.25, 0.3) is 5.91 Å². The van der Waals surface area contributed by atoms with Gasteiger partial charge in [-0.2, -0.15) is 0 Å². The van der Waals surface area contributed by atoms with Crippen LogP contribution in [0, 0.1) is 5.82 Å². The second kappa shape index (κ2) is 5.99. The highest BCUT2D eigenvalue weighted by Gasteiger charge is 2.10. The van der Waals surface area contributed by atoms with Crippen molar-refractivity contribution in [2.45, 2.75) is 6.54 Å². The Hall–Kier alpha value is -2.97. The van der Waals surface area contributed by atoms with Gasteiger partial charge in [0.15, 0.2) is 5.69 Å². The Morgan fingerprint density at radius 1 is 1.43 bits per heavy atom. The van der Waals surface area contributed by atoms with Crippen molar-refractivity contribution in [3.05, 3.63) is 41.5 Å². The molecule has 0 bridgehead atoms. The van der Waals surface area contributed by atoms with Crippen LogP contribution in [-0.2, 0) is 6.54 Å². The summed E-state index contributed by atoms with van der Waals surface area (Å²) in [6, 6.07) is 3.68.